The lowest BCUT2D eigenvalue weighted by Crippen LogP contribution is -2.28. The maximum Gasteiger partial charge on any atom is 0.253 e. The molecule has 1 aliphatic heterocycles. The average Bonchev–Trinajstić information content (AvgIpc) is 3.00. The molecule has 1 unspecified atom stereocenters. The smallest absolute Gasteiger partial charge is 0.253 e. The lowest BCUT2D eigenvalue weighted by molar-refractivity contribution is 0.0788. The highest BCUT2D eigenvalue weighted by Crippen LogP contribution is 2.20. The summed E-state index contributed by atoms with van der Waals surface area (Å²) in [6.07, 6.45) is 1.10. The second-order valence-corrected chi connectivity index (χ2v) is 5.94. The van der Waals surface area contributed by atoms with Crippen LogP contribution in [0.1, 0.15) is 29.3 Å². The van der Waals surface area contributed by atoms with E-state index in [-0.39, 0.29) is 5.91 Å². The highest BCUT2D eigenvalue weighted by Gasteiger charge is 2.23. The van der Waals surface area contributed by atoms with Gasteiger partial charge in [0.25, 0.3) is 5.91 Å². The maximum atomic E-state index is 12.4. The van der Waals surface area contributed by atoms with Crippen LogP contribution in [0.4, 0.5) is 0 Å². The van der Waals surface area contributed by atoms with E-state index < -0.39 is 0 Å². The minimum absolute atomic E-state index is 0.124. The van der Waals surface area contributed by atoms with Gasteiger partial charge in [-0.3, -0.25) is 4.79 Å². The van der Waals surface area contributed by atoms with E-state index in [9.17, 15) is 4.79 Å². The van der Waals surface area contributed by atoms with Gasteiger partial charge >= 0.3 is 0 Å². The number of carbonyl (C=O) groups excluding carboxylic acids is 1. The Bertz CT molecular complexity index is 622. The molecule has 3 rings (SSSR count). The van der Waals surface area contributed by atoms with Gasteiger partial charge in [0.2, 0.25) is 0 Å². The highest BCUT2D eigenvalue weighted by atomic mass is 16.5. The third kappa shape index (κ3) is 3.48. The molecule has 1 amide bonds. The predicted molar refractivity (Wildman–Crippen MR) is 86.9 cm³/mol. The third-order valence-electron chi connectivity index (χ3n) is 4.06. The number of hydrogen-bond acceptors (Lipinski definition) is 2. The van der Waals surface area contributed by atoms with Gasteiger partial charge in [-0.1, -0.05) is 37.3 Å². The van der Waals surface area contributed by atoms with Gasteiger partial charge < -0.3 is 9.64 Å². The molecule has 0 N–H and O–H groups in total. The largest absolute Gasteiger partial charge is 0.489 e. The van der Waals surface area contributed by atoms with Crippen LogP contribution in [0.3, 0.4) is 0 Å². The van der Waals surface area contributed by atoms with E-state index in [0.717, 1.165) is 36.4 Å². The van der Waals surface area contributed by atoms with Crippen LogP contribution in [0, 0.1) is 5.92 Å². The van der Waals surface area contributed by atoms with Crippen molar-refractivity contribution in [3.05, 3.63) is 65.7 Å². The van der Waals surface area contributed by atoms with Gasteiger partial charge in [0.1, 0.15) is 12.4 Å². The van der Waals surface area contributed by atoms with Crippen LogP contribution in [0.25, 0.3) is 0 Å². The number of nitrogens with zero attached hydrogens (tertiary/aromatic N) is 1. The summed E-state index contributed by atoms with van der Waals surface area (Å²) >= 11 is 0. The van der Waals surface area contributed by atoms with E-state index in [1.807, 2.05) is 59.5 Å². The van der Waals surface area contributed by atoms with Crippen molar-refractivity contribution in [2.24, 2.45) is 5.92 Å². The molecule has 0 aromatic heterocycles. The van der Waals surface area contributed by atoms with Crippen LogP contribution in [-0.2, 0) is 6.61 Å². The van der Waals surface area contributed by atoms with Crippen molar-refractivity contribution >= 4 is 5.91 Å². The predicted octanol–water partition coefficient (Wildman–Crippen LogP) is 3.75. The summed E-state index contributed by atoms with van der Waals surface area (Å²) in [4.78, 5) is 14.3. The van der Waals surface area contributed by atoms with Gasteiger partial charge in [-0.2, -0.15) is 0 Å². The molecule has 2 aromatic carbocycles. The highest BCUT2D eigenvalue weighted by molar-refractivity contribution is 5.94. The molecule has 1 heterocycles. The molecule has 0 bridgehead atoms. The minimum Gasteiger partial charge on any atom is -0.489 e. The summed E-state index contributed by atoms with van der Waals surface area (Å²) in [5.74, 6) is 1.52. The summed E-state index contributed by atoms with van der Waals surface area (Å²) in [5, 5.41) is 0. The van der Waals surface area contributed by atoms with E-state index in [1.54, 1.807) is 0 Å². The van der Waals surface area contributed by atoms with Crippen molar-refractivity contribution in [2.45, 2.75) is 20.0 Å². The van der Waals surface area contributed by atoms with Gasteiger partial charge in [-0.25, -0.2) is 0 Å². The van der Waals surface area contributed by atoms with Crippen molar-refractivity contribution in [3.8, 4) is 5.75 Å². The molecule has 3 nitrogen and oxygen atoms in total. The van der Waals surface area contributed by atoms with Crippen molar-refractivity contribution < 1.29 is 9.53 Å². The Labute approximate surface area is 131 Å². The minimum atomic E-state index is 0.124. The van der Waals surface area contributed by atoms with Crippen LogP contribution < -0.4 is 4.74 Å². The lowest BCUT2D eigenvalue weighted by atomic mass is 10.1. The van der Waals surface area contributed by atoms with Crippen molar-refractivity contribution in [2.75, 3.05) is 13.1 Å². The lowest BCUT2D eigenvalue weighted by Gasteiger charge is -2.16. The number of rotatable bonds is 4. The molecule has 0 aliphatic carbocycles. The number of carbonyl (C=O) groups is 1. The van der Waals surface area contributed by atoms with Crippen LogP contribution >= 0.6 is 0 Å². The molecular formula is C19H21NO2. The van der Waals surface area contributed by atoms with Crippen molar-refractivity contribution in [1.29, 1.82) is 0 Å². The van der Waals surface area contributed by atoms with Crippen molar-refractivity contribution in [3.63, 3.8) is 0 Å². The monoisotopic (exact) mass is 295 g/mol. The van der Waals surface area contributed by atoms with Gasteiger partial charge in [0.15, 0.2) is 0 Å². The first kappa shape index (κ1) is 14.6. The molecule has 1 atom stereocenters. The zero-order valence-corrected chi connectivity index (χ0v) is 12.9. The quantitative estimate of drug-likeness (QED) is 0.860. The van der Waals surface area contributed by atoms with Gasteiger partial charge in [0, 0.05) is 18.7 Å². The van der Waals surface area contributed by atoms with E-state index in [1.165, 1.54) is 0 Å². The molecule has 0 spiro atoms. The Morgan fingerprint density at radius 1 is 1.14 bits per heavy atom. The molecule has 0 saturated carbocycles. The number of likely N-dealkylation sites (tertiary alicyclic amines) is 1. The molecule has 114 valence electrons. The van der Waals surface area contributed by atoms with Crippen LogP contribution in [0.5, 0.6) is 5.75 Å². The van der Waals surface area contributed by atoms with Gasteiger partial charge in [-0.05, 0) is 42.2 Å². The first-order valence-corrected chi connectivity index (χ1v) is 7.78. The summed E-state index contributed by atoms with van der Waals surface area (Å²) in [6.45, 7) is 4.46. The number of ether oxygens (including phenoxy) is 1. The Hall–Kier alpha value is -2.29. The fraction of sp³-hybridized carbons (Fsp3) is 0.316. The molecule has 1 aliphatic rings. The summed E-state index contributed by atoms with van der Waals surface area (Å²) < 4.78 is 5.74. The fourth-order valence-electron chi connectivity index (χ4n) is 2.74. The van der Waals surface area contributed by atoms with E-state index >= 15 is 0 Å². The maximum absolute atomic E-state index is 12.4. The van der Waals surface area contributed by atoms with E-state index in [2.05, 4.69) is 6.92 Å². The number of hydrogen-bond donors (Lipinski definition) is 0. The molecule has 0 radical (unpaired) electrons. The SMILES string of the molecule is CC1CCN(C(=O)c2ccc(OCc3ccccc3)cc2)C1. The van der Waals surface area contributed by atoms with Crippen LogP contribution in [0.2, 0.25) is 0 Å². The second kappa shape index (κ2) is 6.65. The number of amides is 1. The summed E-state index contributed by atoms with van der Waals surface area (Å²) in [7, 11) is 0. The van der Waals surface area contributed by atoms with E-state index in [0.29, 0.717) is 12.5 Å². The Morgan fingerprint density at radius 3 is 2.50 bits per heavy atom. The average molecular weight is 295 g/mol. The van der Waals surface area contributed by atoms with E-state index in [4.69, 9.17) is 4.74 Å². The molecule has 1 fully saturated rings. The number of benzene rings is 2. The zero-order valence-electron chi connectivity index (χ0n) is 12.9. The topological polar surface area (TPSA) is 29.5 Å². The molecule has 3 heteroatoms. The first-order valence-electron chi connectivity index (χ1n) is 7.78. The third-order valence-corrected chi connectivity index (χ3v) is 4.06. The normalized spacial score (nSPS) is 17.5. The molecule has 22 heavy (non-hydrogen) atoms. The van der Waals surface area contributed by atoms with Gasteiger partial charge in [-0.15, -0.1) is 0 Å². The standard InChI is InChI=1S/C19H21NO2/c1-15-11-12-20(13-15)19(21)17-7-9-18(10-8-17)22-14-16-5-3-2-4-6-16/h2-10,15H,11-14H2,1H3. The first-order chi connectivity index (χ1) is 10.7. The Balaban J connectivity index is 1.59. The van der Waals surface area contributed by atoms with Crippen LogP contribution in [-0.4, -0.2) is 23.9 Å². The van der Waals surface area contributed by atoms with Crippen LogP contribution in [0.15, 0.2) is 54.6 Å². The summed E-state index contributed by atoms with van der Waals surface area (Å²) in [5.41, 5.74) is 1.87. The molecule has 2 aromatic rings. The molecular weight excluding hydrogens is 274 g/mol. The Kier molecular flexibility index (Phi) is 4.42. The zero-order chi connectivity index (χ0) is 15.4. The van der Waals surface area contributed by atoms with Crippen molar-refractivity contribution in [1.82, 2.24) is 4.90 Å². The van der Waals surface area contributed by atoms with Gasteiger partial charge in [0.05, 0.1) is 0 Å². The Morgan fingerprint density at radius 2 is 1.86 bits per heavy atom. The second-order valence-electron chi connectivity index (χ2n) is 5.94. The fourth-order valence-corrected chi connectivity index (χ4v) is 2.74. The summed E-state index contributed by atoms with van der Waals surface area (Å²) in [6, 6.07) is 17.5. The molecule has 1 saturated heterocycles.